The highest BCUT2D eigenvalue weighted by Gasteiger charge is 2.47. The molecule has 0 aliphatic heterocycles. The number of fused-ring (bicyclic) bond motifs is 1. The summed E-state index contributed by atoms with van der Waals surface area (Å²) in [6.45, 7) is 3.32. The van der Waals surface area contributed by atoms with Crippen LogP contribution in [0.2, 0.25) is 0 Å². The van der Waals surface area contributed by atoms with Gasteiger partial charge in [0.05, 0.1) is 17.3 Å². The Balaban J connectivity index is 1.82. The minimum Gasteiger partial charge on any atom is -0.294 e. The predicted octanol–water partition coefficient (Wildman–Crippen LogP) is 5.04. The number of rotatable bonds is 5. The maximum atomic E-state index is 14.2. The molecule has 0 saturated heterocycles. The maximum Gasteiger partial charge on any atom is 0.163 e. The Morgan fingerprint density at radius 1 is 1.31 bits per heavy atom. The van der Waals surface area contributed by atoms with Crippen molar-refractivity contribution < 1.29 is 9.18 Å². The van der Waals surface area contributed by atoms with Crippen LogP contribution in [0.1, 0.15) is 37.0 Å². The van der Waals surface area contributed by atoms with Gasteiger partial charge >= 0.3 is 0 Å². The summed E-state index contributed by atoms with van der Waals surface area (Å²) >= 11 is 0. The van der Waals surface area contributed by atoms with Crippen LogP contribution in [0.25, 0.3) is 16.6 Å². The molecule has 4 rings (SSSR count). The van der Waals surface area contributed by atoms with Crippen molar-refractivity contribution in [2.75, 3.05) is 0 Å². The number of ketones is 1. The van der Waals surface area contributed by atoms with Crippen LogP contribution in [0.3, 0.4) is 0 Å². The van der Waals surface area contributed by atoms with Crippen LogP contribution in [0.15, 0.2) is 53.8 Å². The van der Waals surface area contributed by atoms with E-state index >= 15 is 0 Å². The Morgan fingerprint density at radius 2 is 2.04 bits per heavy atom. The third kappa shape index (κ3) is 2.94. The Hall–Kier alpha value is -2.82. The Labute approximate surface area is 151 Å². The predicted molar refractivity (Wildman–Crippen MR) is 101 cm³/mol. The zero-order valence-electron chi connectivity index (χ0n) is 14.8. The SMILES string of the molecule is CC(=O)c1cnn2cc(-c3ccccc3)cc2c1N=CC(C)C1(F)CC1. The third-order valence-corrected chi connectivity index (χ3v) is 5.07. The number of halogens is 1. The van der Waals surface area contributed by atoms with E-state index < -0.39 is 5.67 Å². The van der Waals surface area contributed by atoms with Gasteiger partial charge in [-0.25, -0.2) is 8.91 Å². The lowest BCUT2D eigenvalue weighted by Crippen LogP contribution is -2.14. The number of alkyl halides is 1. The van der Waals surface area contributed by atoms with Crippen LogP contribution in [-0.4, -0.2) is 27.3 Å². The summed E-state index contributed by atoms with van der Waals surface area (Å²) in [4.78, 5) is 16.6. The first-order valence-electron chi connectivity index (χ1n) is 8.79. The minimum atomic E-state index is -1.14. The van der Waals surface area contributed by atoms with E-state index in [0.717, 1.165) is 16.6 Å². The van der Waals surface area contributed by atoms with Crippen LogP contribution in [0.5, 0.6) is 0 Å². The second-order valence-electron chi connectivity index (χ2n) is 6.99. The van der Waals surface area contributed by atoms with Gasteiger partial charge in [0.1, 0.15) is 11.4 Å². The van der Waals surface area contributed by atoms with Gasteiger partial charge in [-0.1, -0.05) is 37.3 Å². The molecule has 1 saturated carbocycles. The summed E-state index contributed by atoms with van der Waals surface area (Å²) in [6.07, 6.45) is 6.23. The molecule has 2 aromatic heterocycles. The van der Waals surface area contributed by atoms with Crippen LogP contribution in [-0.2, 0) is 0 Å². The van der Waals surface area contributed by atoms with Crippen molar-refractivity contribution >= 4 is 23.2 Å². The molecule has 4 nitrogen and oxygen atoms in total. The Morgan fingerprint density at radius 3 is 2.69 bits per heavy atom. The van der Waals surface area contributed by atoms with E-state index in [4.69, 9.17) is 0 Å². The average molecular weight is 349 g/mol. The van der Waals surface area contributed by atoms with Crippen molar-refractivity contribution in [2.45, 2.75) is 32.4 Å². The zero-order chi connectivity index (χ0) is 18.3. The van der Waals surface area contributed by atoms with Gasteiger partial charge in [0.15, 0.2) is 5.78 Å². The molecule has 2 heterocycles. The first-order valence-corrected chi connectivity index (χ1v) is 8.79. The molecule has 1 aliphatic carbocycles. The van der Waals surface area contributed by atoms with E-state index in [0.29, 0.717) is 24.1 Å². The van der Waals surface area contributed by atoms with Gasteiger partial charge in [-0.05, 0) is 31.4 Å². The minimum absolute atomic E-state index is 0.108. The number of Topliss-reactive ketones (excluding diaryl/α,β-unsaturated/α-hetero) is 1. The van der Waals surface area contributed by atoms with Gasteiger partial charge in [0, 0.05) is 23.9 Å². The van der Waals surface area contributed by atoms with Gasteiger partial charge in [0.2, 0.25) is 0 Å². The van der Waals surface area contributed by atoms with Crippen molar-refractivity contribution in [3.8, 4) is 11.1 Å². The largest absolute Gasteiger partial charge is 0.294 e. The molecule has 132 valence electrons. The molecule has 5 heteroatoms. The summed E-state index contributed by atoms with van der Waals surface area (Å²) < 4.78 is 15.9. The van der Waals surface area contributed by atoms with Gasteiger partial charge in [-0.3, -0.25) is 9.79 Å². The van der Waals surface area contributed by atoms with Crippen LogP contribution >= 0.6 is 0 Å². The van der Waals surface area contributed by atoms with Crippen LogP contribution < -0.4 is 0 Å². The van der Waals surface area contributed by atoms with E-state index in [9.17, 15) is 9.18 Å². The average Bonchev–Trinajstić information content (AvgIpc) is 3.24. The molecule has 26 heavy (non-hydrogen) atoms. The number of aliphatic imine (C=N–C) groups is 1. The lowest BCUT2D eigenvalue weighted by Gasteiger charge is -2.10. The topological polar surface area (TPSA) is 46.7 Å². The fourth-order valence-electron chi connectivity index (χ4n) is 3.12. The standard InChI is InChI=1S/C21H20FN3O/c1-14(21(22)8-9-21)11-23-20-18(15(2)26)12-24-25-13-17(10-19(20)25)16-6-4-3-5-7-16/h3-7,10-14H,8-9H2,1-2H3. The zero-order valence-corrected chi connectivity index (χ0v) is 14.8. The molecule has 0 radical (unpaired) electrons. The number of carbonyl (C=O) groups is 1. The first kappa shape index (κ1) is 16.6. The van der Waals surface area contributed by atoms with Crippen molar-refractivity contribution in [2.24, 2.45) is 10.9 Å². The highest BCUT2D eigenvalue weighted by Crippen LogP contribution is 2.45. The van der Waals surface area contributed by atoms with Crippen molar-refractivity contribution in [3.63, 3.8) is 0 Å². The fourth-order valence-corrected chi connectivity index (χ4v) is 3.12. The van der Waals surface area contributed by atoms with E-state index in [2.05, 4.69) is 10.1 Å². The van der Waals surface area contributed by atoms with Crippen molar-refractivity contribution in [3.05, 3.63) is 54.4 Å². The van der Waals surface area contributed by atoms with Crippen LogP contribution in [0, 0.1) is 5.92 Å². The first-order chi connectivity index (χ1) is 12.5. The Kier molecular flexibility index (Phi) is 3.94. The van der Waals surface area contributed by atoms with Crippen molar-refractivity contribution in [1.82, 2.24) is 9.61 Å². The van der Waals surface area contributed by atoms with Crippen LogP contribution in [0.4, 0.5) is 10.1 Å². The quantitative estimate of drug-likeness (QED) is 0.478. The molecule has 1 aromatic carbocycles. The highest BCUT2D eigenvalue weighted by molar-refractivity contribution is 6.03. The summed E-state index contributed by atoms with van der Waals surface area (Å²) in [5.41, 5.74) is 2.65. The van der Waals surface area contributed by atoms with E-state index in [-0.39, 0.29) is 11.7 Å². The summed E-state index contributed by atoms with van der Waals surface area (Å²) in [6, 6.07) is 11.9. The summed E-state index contributed by atoms with van der Waals surface area (Å²) in [5, 5.41) is 4.35. The highest BCUT2D eigenvalue weighted by atomic mass is 19.1. The molecular formula is C21H20FN3O. The second kappa shape index (κ2) is 6.16. The monoisotopic (exact) mass is 349 g/mol. The lowest BCUT2D eigenvalue weighted by atomic mass is 10.1. The molecule has 1 unspecified atom stereocenters. The molecule has 3 aromatic rings. The molecule has 1 fully saturated rings. The third-order valence-electron chi connectivity index (χ3n) is 5.07. The number of nitrogens with zero attached hydrogens (tertiary/aromatic N) is 3. The lowest BCUT2D eigenvalue weighted by molar-refractivity contribution is 0.101. The number of carbonyl (C=O) groups excluding carboxylic acids is 1. The van der Waals surface area contributed by atoms with Gasteiger partial charge < -0.3 is 0 Å². The summed E-state index contributed by atoms with van der Waals surface area (Å²) in [7, 11) is 0. The molecule has 0 amide bonds. The molecular weight excluding hydrogens is 329 g/mol. The fraction of sp³-hybridized carbons (Fsp3) is 0.286. The number of aromatic nitrogens is 2. The summed E-state index contributed by atoms with van der Waals surface area (Å²) in [5.74, 6) is -0.386. The molecule has 1 atom stereocenters. The van der Waals surface area contributed by atoms with Gasteiger partial charge in [0.25, 0.3) is 0 Å². The Bertz CT molecular complexity index is 1000. The normalized spacial score (nSPS) is 16.9. The van der Waals surface area contributed by atoms with E-state index in [1.54, 1.807) is 10.7 Å². The van der Waals surface area contributed by atoms with Gasteiger partial charge in [-0.15, -0.1) is 0 Å². The molecule has 0 N–H and O–H groups in total. The molecule has 1 aliphatic rings. The maximum absolute atomic E-state index is 14.2. The number of hydrogen-bond donors (Lipinski definition) is 0. The van der Waals surface area contributed by atoms with Gasteiger partial charge in [-0.2, -0.15) is 5.10 Å². The molecule has 0 bridgehead atoms. The number of benzene rings is 1. The second-order valence-corrected chi connectivity index (χ2v) is 6.99. The van der Waals surface area contributed by atoms with E-state index in [1.807, 2.05) is 49.5 Å². The smallest absolute Gasteiger partial charge is 0.163 e. The number of hydrogen-bond acceptors (Lipinski definition) is 3. The van der Waals surface area contributed by atoms with Crippen molar-refractivity contribution in [1.29, 1.82) is 0 Å². The molecule has 0 spiro atoms. The van der Waals surface area contributed by atoms with E-state index in [1.165, 1.54) is 13.1 Å².